The largest absolute Gasteiger partial charge is 0.363 e. The van der Waals surface area contributed by atoms with Crippen molar-refractivity contribution in [2.24, 2.45) is 0 Å². The third kappa shape index (κ3) is 3.81. The number of nitrogens with zero attached hydrogens (tertiary/aromatic N) is 3. The number of hydrogen-bond donors (Lipinski definition) is 0. The second-order valence-corrected chi connectivity index (χ2v) is 5.10. The summed E-state index contributed by atoms with van der Waals surface area (Å²) >= 11 is 0. The molecule has 0 radical (unpaired) electrons. The predicted octanol–water partition coefficient (Wildman–Crippen LogP) is 2.81. The summed E-state index contributed by atoms with van der Waals surface area (Å²) in [5, 5.41) is 0. The van der Waals surface area contributed by atoms with Gasteiger partial charge in [-0.15, -0.1) is 0 Å². The van der Waals surface area contributed by atoms with Gasteiger partial charge in [-0.3, -0.25) is 4.79 Å². The second-order valence-electron chi connectivity index (χ2n) is 5.10. The SMILES string of the molecule is CCN(Cc1ccccc1)C(=O)c1ccc(N(C)C)nc1. The third-order valence-electron chi connectivity index (χ3n) is 3.34. The van der Waals surface area contributed by atoms with E-state index in [4.69, 9.17) is 0 Å². The summed E-state index contributed by atoms with van der Waals surface area (Å²) in [5.74, 6) is 0.858. The van der Waals surface area contributed by atoms with E-state index in [1.165, 1.54) is 0 Å². The van der Waals surface area contributed by atoms with E-state index in [0.717, 1.165) is 11.4 Å². The number of hydrogen-bond acceptors (Lipinski definition) is 3. The van der Waals surface area contributed by atoms with E-state index in [0.29, 0.717) is 18.7 Å². The maximum atomic E-state index is 12.5. The van der Waals surface area contributed by atoms with E-state index in [1.807, 2.05) is 73.3 Å². The monoisotopic (exact) mass is 283 g/mol. The Hall–Kier alpha value is -2.36. The highest BCUT2D eigenvalue weighted by molar-refractivity contribution is 5.94. The highest BCUT2D eigenvalue weighted by Gasteiger charge is 2.15. The Morgan fingerprint density at radius 3 is 2.33 bits per heavy atom. The van der Waals surface area contributed by atoms with E-state index in [1.54, 1.807) is 6.20 Å². The molecule has 4 heteroatoms. The standard InChI is InChI=1S/C17H21N3O/c1-4-20(13-14-8-6-5-7-9-14)17(21)15-10-11-16(18-12-15)19(2)3/h5-12H,4,13H2,1-3H3. The molecule has 2 rings (SSSR count). The fraction of sp³-hybridized carbons (Fsp3) is 0.294. The van der Waals surface area contributed by atoms with Crippen LogP contribution in [0.5, 0.6) is 0 Å². The normalized spacial score (nSPS) is 10.2. The highest BCUT2D eigenvalue weighted by Crippen LogP contribution is 2.12. The lowest BCUT2D eigenvalue weighted by molar-refractivity contribution is 0.0752. The number of rotatable bonds is 5. The Labute approximate surface area is 126 Å². The van der Waals surface area contributed by atoms with Gasteiger partial charge in [0.15, 0.2) is 0 Å². The zero-order valence-corrected chi connectivity index (χ0v) is 12.8. The van der Waals surface area contributed by atoms with Crippen molar-refractivity contribution in [3.8, 4) is 0 Å². The fourth-order valence-corrected chi connectivity index (χ4v) is 2.09. The van der Waals surface area contributed by atoms with E-state index in [-0.39, 0.29) is 5.91 Å². The van der Waals surface area contributed by atoms with Crippen LogP contribution in [-0.4, -0.2) is 36.4 Å². The average Bonchev–Trinajstić information content (AvgIpc) is 2.53. The van der Waals surface area contributed by atoms with Gasteiger partial charge in [0, 0.05) is 33.4 Å². The number of amides is 1. The Kier molecular flexibility index (Phi) is 4.93. The molecule has 1 aromatic heterocycles. The van der Waals surface area contributed by atoms with Crippen LogP contribution >= 0.6 is 0 Å². The first kappa shape index (κ1) is 15.0. The molecule has 0 aliphatic rings. The lowest BCUT2D eigenvalue weighted by Crippen LogP contribution is -2.30. The van der Waals surface area contributed by atoms with Gasteiger partial charge in [0.2, 0.25) is 0 Å². The minimum Gasteiger partial charge on any atom is -0.363 e. The van der Waals surface area contributed by atoms with Crippen LogP contribution in [0.2, 0.25) is 0 Å². The summed E-state index contributed by atoms with van der Waals surface area (Å²) in [6.07, 6.45) is 1.64. The summed E-state index contributed by atoms with van der Waals surface area (Å²) in [6.45, 7) is 3.28. The highest BCUT2D eigenvalue weighted by atomic mass is 16.2. The number of benzene rings is 1. The summed E-state index contributed by atoms with van der Waals surface area (Å²) in [6, 6.07) is 13.7. The molecule has 0 atom stereocenters. The molecule has 0 unspecified atom stereocenters. The van der Waals surface area contributed by atoms with Gasteiger partial charge in [0.1, 0.15) is 5.82 Å². The first-order valence-electron chi connectivity index (χ1n) is 7.08. The minimum absolute atomic E-state index is 0.0131. The Morgan fingerprint density at radius 1 is 1.10 bits per heavy atom. The molecule has 4 nitrogen and oxygen atoms in total. The average molecular weight is 283 g/mol. The van der Waals surface area contributed by atoms with Crippen LogP contribution < -0.4 is 4.90 Å². The zero-order chi connectivity index (χ0) is 15.2. The van der Waals surface area contributed by atoms with E-state index in [9.17, 15) is 4.79 Å². The molecule has 1 heterocycles. The van der Waals surface area contributed by atoms with E-state index >= 15 is 0 Å². The minimum atomic E-state index is 0.0131. The molecule has 0 aliphatic heterocycles. The quantitative estimate of drug-likeness (QED) is 0.846. The van der Waals surface area contributed by atoms with Crippen LogP contribution in [0.3, 0.4) is 0 Å². The molecule has 0 fully saturated rings. The molecule has 1 amide bonds. The number of carbonyl (C=O) groups excluding carboxylic acids is 1. The summed E-state index contributed by atoms with van der Waals surface area (Å²) in [4.78, 5) is 20.6. The van der Waals surface area contributed by atoms with Gasteiger partial charge < -0.3 is 9.80 Å². The molecule has 0 aliphatic carbocycles. The zero-order valence-electron chi connectivity index (χ0n) is 12.8. The van der Waals surface area contributed by atoms with Crippen LogP contribution in [0.15, 0.2) is 48.7 Å². The predicted molar refractivity (Wildman–Crippen MR) is 85.4 cm³/mol. The maximum absolute atomic E-state index is 12.5. The van der Waals surface area contributed by atoms with Crippen molar-refractivity contribution in [1.29, 1.82) is 0 Å². The van der Waals surface area contributed by atoms with Crippen molar-refractivity contribution >= 4 is 11.7 Å². The van der Waals surface area contributed by atoms with Gasteiger partial charge in [0.25, 0.3) is 5.91 Å². The van der Waals surface area contributed by atoms with Crippen molar-refractivity contribution < 1.29 is 4.79 Å². The maximum Gasteiger partial charge on any atom is 0.255 e. The molecule has 0 saturated heterocycles. The number of pyridine rings is 1. The van der Waals surface area contributed by atoms with E-state index < -0.39 is 0 Å². The van der Waals surface area contributed by atoms with Gasteiger partial charge in [-0.05, 0) is 24.6 Å². The molecule has 0 saturated carbocycles. The number of carbonyl (C=O) groups is 1. The first-order chi connectivity index (χ1) is 10.1. The van der Waals surface area contributed by atoms with E-state index in [2.05, 4.69) is 4.98 Å². The summed E-state index contributed by atoms with van der Waals surface area (Å²) < 4.78 is 0. The second kappa shape index (κ2) is 6.88. The lowest BCUT2D eigenvalue weighted by atomic mass is 10.2. The van der Waals surface area contributed by atoms with Crippen LogP contribution in [0.25, 0.3) is 0 Å². The van der Waals surface area contributed by atoms with Crippen molar-refractivity contribution in [3.63, 3.8) is 0 Å². The van der Waals surface area contributed by atoms with Gasteiger partial charge in [-0.1, -0.05) is 30.3 Å². The van der Waals surface area contributed by atoms with Gasteiger partial charge in [0.05, 0.1) is 5.56 Å². The van der Waals surface area contributed by atoms with Crippen LogP contribution in [0.4, 0.5) is 5.82 Å². The molecule has 1 aromatic carbocycles. The topological polar surface area (TPSA) is 36.4 Å². The van der Waals surface area contributed by atoms with Gasteiger partial charge in [-0.25, -0.2) is 4.98 Å². The smallest absolute Gasteiger partial charge is 0.255 e. The van der Waals surface area contributed by atoms with Crippen LogP contribution in [0, 0.1) is 0 Å². The first-order valence-corrected chi connectivity index (χ1v) is 7.08. The molecule has 0 N–H and O–H groups in total. The van der Waals surface area contributed by atoms with Crippen molar-refractivity contribution in [1.82, 2.24) is 9.88 Å². The molecule has 2 aromatic rings. The Balaban J connectivity index is 2.12. The molecule has 21 heavy (non-hydrogen) atoms. The fourth-order valence-electron chi connectivity index (χ4n) is 2.09. The third-order valence-corrected chi connectivity index (χ3v) is 3.34. The van der Waals surface area contributed by atoms with Crippen LogP contribution in [0.1, 0.15) is 22.8 Å². The molecule has 0 spiro atoms. The molecular formula is C17H21N3O. The molecule has 110 valence electrons. The summed E-state index contributed by atoms with van der Waals surface area (Å²) in [5.41, 5.74) is 1.75. The van der Waals surface area contributed by atoms with Gasteiger partial charge in [-0.2, -0.15) is 0 Å². The number of aromatic nitrogens is 1. The van der Waals surface area contributed by atoms with Gasteiger partial charge >= 0.3 is 0 Å². The van der Waals surface area contributed by atoms with Crippen molar-refractivity contribution in [3.05, 3.63) is 59.8 Å². The molecular weight excluding hydrogens is 262 g/mol. The van der Waals surface area contributed by atoms with Crippen molar-refractivity contribution in [2.45, 2.75) is 13.5 Å². The Morgan fingerprint density at radius 2 is 1.81 bits per heavy atom. The van der Waals surface area contributed by atoms with Crippen LogP contribution in [-0.2, 0) is 6.54 Å². The summed E-state index contributed by atoms with van der Waals surface area (Å²) in [7, 11) is 3.86. The Bertz CT molecular complexity index is 579. The van der Waals surface area contributed by atoms with Crippen molar-refractivity contribution in [2.75, 3.05) is 25.5 Å². The molecule has 0 bridgehead atoms. The number of anilines is 1. The lowest BCUT2D eigenvalue weighted by Gasteiger charge is -2.21.